The first-order chi connectivity index (χ1) is 6.60. The summed E-state index contributed by atoms with van der Waals surface area (Å²) in [6.45, 7) is -0.324. The lowest BCUT2D eigenvalue weighted by molar-refractivity contribution is 0.150. The van der Waals surface area contributed by atoms with Crippen molar-refractivity contribution in [2.45, 2.75) is 19.6 Å². The number of aromatic nitrogens is 1. The van der Waals surface area contributed by atoms with Crippen molar-refractivity contribution in [2.24, 2.45) is 5.73 Å². The third-order valence-corrected chi connectivity index (χ3v) is 2.08. The van der Waals surface area contributed by atoms with Gasteiger partial charge in [0, 0.05) is 6.54 Å². The van der Waals surface area contributed by atoms with Crippen molar-refractivity contribution in [3.63, 3.8) is 0 Å². The molecular weight excluding hydrogens is 214 g/mol. The highest BCUT2D eigenvalue weighted by molar-refractivity contribution is 6.30. The number of nitrogens with two attached hydrogens (primary N) is 1. The standard InChI is InChI=1S/C8H9ClF2N2O/c9-7-5(8(10)11)1-4(2-12)6(3-14)13-7/h1,8,14H,2-3,12H2. The molecule has 0 amide bonds. The third kappa shape index (κ3) is 2.17. The molecular formula is C8H9ClF2N2O. The summed E-state index contributed by atoms with van der Waals surface area (Å²) in [7, 11) is 0. The van der Waals surface area contributed by atoms with Gasteiger partial charge < -0.3 is 10.8 Å². The Balaban J connectivity index is 3.23. The molecule has 1 aromatic heterocycles. The number of hydrogen-bond donors (Lipinski definition) is 2. The normalized spacial score (nSPS) is 11.0. The summed E-state index contributed by atoms with van der Waals surface area (Å²) in [4.78, 5) is 3.64. The minimum absolute atomic E-state index is 0.0415. The van der Waals surface area contributed by atoms with Gasteiger partial charge in [0.25, 0.3) is 6.43 Å². The molecule has 14 heavy (non-hydrogen) atoms. The van der Waals surface area contributed by atoms with Crippen molar-refractivity contribution in [2.75, 3.05) is 0 Å². The van der Waals surface area contributed by atoms with Crippen LogP contribution in [-0.4, -0.2) is 10.1 Å². The molecule has 6 heteroatoms. The Hall–Kier alpha value is -0.780. The van der Waals surface area contributed by atoms with E-state index >= 15 is 0 Å². The second-order valence-electron chi connectivity index (χ2n) is 2.64. The third-order valence-electron chi connectivity index (χ3n) is 1.78. The molecule has 0 fully saturated rings. The van der Waals surface area contributed by atoms with Crippen LogP contribution in [-0.2, 0) is 13.2 Å². The Kier molecular flexibility index (Phi) is 3.74. The fourth-order valence-corrected chi connectivity index (χ4v) is 1.29. The van der Waals surface area contributed by atoms with Crippen LogP contribution < -0.4 is 5.73 Å². The number of alkyl halides is 2. The predicted molar refractivity (Wildman–Crippen MR) is 48.0 cm³/mol. The van der Waals surface area contributed by atoms with Gasteiger partial charge in [0.2, 0.25) is 0 Å². The quantitative estimate of drug-likeness (QED) is 0.765. The predicted octanol–water partition coefficient (Wildman–Crippen LogP) is 1.62. The van der Waals surface area contributed by atoms with Crippen LogP contribution in [0.25, 0.3) is 0 Å². The fourth-order valence-electron chi connectivity index (χ4n) is 1.05. The van der Waals surface area contributed by atoms with Crippen molar-refractivity contribution in [3.8, 4) is 0 Å². The highest BCUT2D eigenvalue weighted by atomic mass is 35.5. The number of pyridine rings is 1. The molecule has 0 saturated carbocycles. The smallest absolute Gasteiger partial charge is 0.266 e. The minimum Gasteiger partial charge on any atom is -0.390 e. The number of aliphatic hydroxyl groups excluding tert-OH is 1. The van der Waals surface area contributed by atoms with E-state index in [0.29, 0.717) is 5.56 Å². The van der Waals surface area contributed by atoms with Gasteiger partial charge in [-0.05, 0) is 11.6 Å². The summed E-state index contributed by atoms with van der Waals surface area (Å²) in [5, 5.41) is 8.55. The summed E-state index contributed by atoms with van der Waals surface area (Å²) in [6, 6.07) is 1.17. The Morgan fingerprint density at radius 3 is 2.64 bits per heavy atom. The van der Waals surface area contributed by atoms with E-state index in [1.54, 1.807) is 0 Å². The number of nitrogens with zero attached hydrogens (tertiary/aromatic N) is 1. The number of rotatable bonds is 3. The summed E-state index contributed by atoms with van der Waals surface area (Å²) in [5.41, 5.74) is 5.57. The van der Waals surface area contributed by atoms with Gasteiger partial charge >= 0.3 is 0 Å². The van der Waals surface area contributed by atoms with E-state index in [-0.39, 0.29) is 29.6 Å². The number of hydrogen-bond acceptors (Lipinski definition) is 3. The SMILES string of the molecule is NCc1cc(C(F)F)c(Cl)nc1CO. The largest absolute Gasteiger partial charge is 0.390 e. The highest BCUT2D eigenvalue weighted by Gasteiger charge is 2.16. The zero-order valence-corrected chi connectivity index (χ0v) is 7.93. The maximum atomic E-state index is 12.4. The second-order valence-corrected chi connectivity index (χ2v) is 3.00. The summed E-state index contributed by atoms with van der Waals surface area (Å²) in [6.07, 6.45) is -2.69. The van der Waals surface area contributed by atoms with Gasteiger partial charge in [-0.25, -0.2) is 13.8 Å². The summed E-state index contributed by atoms with van der Waals surface area (Å²) >= 11 is 5.49. The lowest BCUT2D eigenvalue weighted by atomic mass is 10.1. The first-order valence-electron chi connectivity index (χ1n) is 3.87. The molecule has 0 unspecified atom stereocenters. The Bertz CT molecular complexity index is 333. The van der Waals surface area contributed by atoms with Crippen LogP contribution in [0.15, 0.2) is 6.07 Å². The minimum atomic E-state index is -2.69. The molecule has 3 N–H and O–H groups in total. The van der Waals surface area contributed by atoms with Crippen molar-refractivity contribution >= 4 is 11.6 Å². The lowest BCUT2D eigenvalue weighted by Gasteiger charge is -2.08. The van der Waals surface area contributed by atoms with E-state index in [1.165, 1.54) is 6.07 Å². The fraction of sp³-hybridized carbons (Fsp3) is 0.375. The average molecular weight is 223 g/mol. The van der Waals surface area contributed by atoms with Crippen molar-refractivity contribution < 1.29 is 13.9 Å². The van der Waals surface area contributed by atoms with E-state index in [1.807, 2.05) is 0 Å². The average Bonchev–Trinajstić information content (AvgIpc) is 2.16. The van der Waals surface area contributed by atoms with Crippen LogP contribution in [0.2, 0.25) is 5.15 Å². The maximum absolute atomic E-state index is 12.4. The van der Waals surface area contributed by atoms with Crippen LogP contribution in [0.5, 0.6) is 0 Å². The van der Waals surface area contributed by atoms with Gasteiger partial charge in [-0.15, -0.1) is 0 Å². The van der Waals surface area contributed by atoms with Gasteiger partial charge in [0.15, 0.2) is 0 Å². The Morgan fingerprint density at radius 2 is 2.21 bits per heavy atom. The van der Waals surface area contributed by atoms with Gasteiger partial charge in [-0.2, -0.15) is 0 Å². The number of halogens is 3. The molecule has 1 rings (SSSR count). The van der Waals surface area contributed by atoms with Crippen molar-refractivity contribution in [3.05, 3.63) is 28.0 Å². The van der Waals surface area contributed by atoms with Gasteiger partial charge in [-0.3, -0.25) is 0 Å². The van der Waals surface area contributed by atoms with E-state index in [4.69, 9.17) is 22.4 Å². The van der Waals surface area contributed by atoms with Crippen LogP contribution in [0, 0.1) is 0 Å². The Labute approximate surface area is 84.5 Å². The van der Waals surface area contributed by atoms with Gasteiger partial charge in [0.05, 0.1) is 17.9 Å². The lowest BCUT2D eigenvalue weighted by Crippen LogP contribution is -2.06. The van der Waals surface area contributed by atoms with E-state index in [0.717, 1.165) is 0 Å². The molecule has 0 bridgehead atoms. The molecule has 0 aromatic carbocycles. The molecule has 0 aliphatic heterocycles. The molecule has 78 valence electrons. The first-order valence-corrected chi connectivity index (χ1v) is 4.25. The molecule has 1 heterocycles. The monoisotopic (exact) mass is 222 g/mol. The van der Waals surface area contributed by atoms with Crippen LogP contribution in [0.1, 0.15) is 23.2 Å². The van der Waals surface area contributed by atoms with Crippen molar-refractivity contribution in [1.29, 1.82) is 0 Å². The zero-order chi connectivity index (χ0) is 10.7. The molecule has 0 aliphatic carbocycles. The molecule has 3 nitrogen and oxygen atoms in total. The summed E-state index contributed by atoms with van der Waals surface area (Å²) < 4.78 is 24.7. The Morgan fingerprint density at radius 1 is 1.57 bits per heavy atom. The topological polar surface area (TPSA) is 59.1 Å². The summed E-state index contributed by atoms with van der Waals surface area (Å²) in [5.74, 6) is 0. The van der Waals surface area contributed by atoms with Crippen LogP contribution in [0.4, 0.5) is 8.78 Å². The van der Waals surface area contributed by atoms with Crippen LogP contribution in [0.3, 0.4) is 0 Å². The molecule has 0 aliphatic rings. The number of aliphatic hydroxyl groups is 1. The second kappa shape index (κ2) is 4.63. The van der Waals surface area contributed by atoms with Gasteiger partial charge in [0.1, 0.15) is 5.15 Å². The zero-order valence-electron chi connectivity index (χ0n) is 7.17. The molecule has 1 aromatic rings. The van der Waals surface area contributed by atoms with E-state index in [9.17, 15) is 8.78 Å². The van der Waals surface area contributed by atoms with Gasteiger partial charge in [-0.1, -0.05) is 11.6 Å². The molecule has 0 spiro atoms. The molecule has 0 radical (unpaired) electrons. The first kappa shape index (κ1) is 11.3. The van der Waals surface area contributed by atoms with Crippen LogP contribution >= 0.6 is 11.6 Å². The van der Waals surface area contributed by atoms with E-state index < -0.39 is 6.43 Å². The van der Waals surface area contributed by atoms with Crippen molar-refractivity contribution in [1.82, 2.24) is 4.98 Å². The molecule has 0 atom stereocenters. The highest BCUT2D eigenvalue weighted by Crippen LogP contribution is 2.27. The molecule has 0 saturated heterocycles. The van der Waals surface area contributed by atoms with E-state index in [2.05, 4.69) is 4.98 Å². The maximum Gasteiger partial charge on any atom is 0.266 e.